The number of nitrogens with zero attached hydrogens (tertiary/aromatic N) is 1. The fourth-order valence-corrected chi connectivity index (χ4v) is 1.55. The van der Waals surface area contributed by atoms with Crippen LogP contribution < -0.4 is 5.32 Å². The van der Waals surface area contributed by atoms with E-state index in [0.717, 1.165) is 0 Å². The highest BCUT2D eigenvalue weighted by Gasteiger charge is 2.28. The Morgan fingerprint density at radius 3 is 2.75 bits per heavy atom. The van der Waals surface area contributed by atoms with Crippen molar-refractivity contribution >= 4 is 0 Å². The van der Waals surface area contributed by atoms with Gasteiger partial charge in [-0.25, -0.2) is 4.98 Å². The van der Waals surface area contributed by atoms with Crippen LogP contribution in [0.2, 0.25) is 0 Å². The lowest BCUT2D eigenvalue weighted by atomic mass is 10.1. The Morgan fingerprint density at radius 2 is 2.25 bits per heavy atom. The van der Waals surface area contributed by atoms with Crippen LogP contribution in [0.15, 0.2) is 12.4 Å². The van der Waals surface area contributed by atoms with Crippen molar-refractivity contribution in [3.05, 3.63) is 18.2 Å². The first kappa shape index (κ1) is 13.0. The Kier molecular flexibility index (Phi) is 4.79. The Bertz CT molecular complexity index is 282. The predicted octanol–water partition coefficient (Wildman–Crippen LogP) is 2.27. The monoisotopic (exact) mass is 235 g/mol. The van der Waals surface area contributed by atoms with Crippen LogP contribution in [-0.4, -0.2) is 28.7 Å². The molecule has 0 fully saturated rings. The molecule has 0 amide bonds. The van der Waals surface area contributed by atoms with E-state index < -0.39 is 12.6 Å². The van der Waals surface area contributed by atoms with Crippen molar-refractivity contribution in [2.75, 3.05) is 6.54 Å². The number of imidazole rings is 1. The standard InChI is InChI=1S/C10H16F3N3/c1-2-14-8(3-4-10(11,12)13)7-9-15-5-6-16-9/h5-6,8,14H,2-4,7H2,1H3,(H,15,16). The molecule has 1 rings (SSSR count). The van der Waals surface area contributed by atoms with Gasteiger partial charge < -0.3 is 10.3 Å². The SMILES string of the molecule is CCNC(CCC(F)(F)F)Cc1ncc[nH]1. The summed E-state index contributed by atoms with van der Waals surface area (Å²) in [5.74, 6) is 0.716. The molecule has 0 aromatic carbocycles. The maximum absolute atomic E-state index is 12.1. The van der Waals surface area contributed by atoms with Gasteiger partial charge in [0.25, 0.3) is 0 Å². The highest BCUT2D eigenvalue weighted by atomic mass is 19.4. The van der Waals surface area contributed by atoms with Crippen LogP contribution in [0.25, 0.3) is 0 Å². The molecule has 92 valence electrons. The van der Waals surface area contributed by atoms with E-state index in [1.165, 1.54) is 0 Å². The number of H-pyrrole nitrogens is 1. The van der Waals surface area contributed by atoms with Gasteiger partial charge in [-0.05, 0) is 13.0 Å². The minimum absolute atomic E-state index is 0.0814. The maximum Gasteiger partial charge on any atom is 0.389 e. The van der Waals surface area contributed by atoms with Crippen LogP contribution in [0.3, 0.4) is 0 Å². The number of nitrogens with one attached hydrogen (secondary N) is 2. The molecule has 0 aliphatic carbocycles. The molecule has 0 radical (unpaired) electrons. The number of aromatic nitrogens is 2. The molecule has 1 aromatic rings. The van der Waals surface area contributed by atoms with Crippen molar-refractivity contribution < 1.29 is 13.2 Å². The van der Waals surface area contributed by atoms with Gasteiger partial charge in [-0.2, -0.15) is 13.2 Å². The second-order valence-electron chi connectivity index (χ2n) is 3.65. The zero-order valence-corrected chi connectivity index (χ0v) is 9.14. The number of hydrogen-bond acceptors (Lipinski definition) is 2. The third-order valence-corrected chi connectivity index (χ3v) is 2.26. The van der Waals surface area contributed by atoms with Crippen molar-refractivity contribution in [3.8, 4) is 0 Å². The van der Waals surface area contributed by atoms with Crippen LogP contribution in [-0.2, 0) is 6.42 Å². The van der Waals surface area contributed by atoms with Gasteiger partial charge in [0.2, 0.25) is 0 Å². The number of alkyl halides is 3. The Balaban J connectivity index is 2.41. The van der Waals surface area contributed by atoms with Gasteiger partial charge >= 0.3 is 6.18 Å². The van der Waals surface area contributed by atoms with Crippen molar-refractivity contribution in [1.82, 2.24) is 15.3 Å². The number of hydrogen-bond donors (Lipinski definition) is 2. The lowest BCUT2D eigenvalue weighted by molar-refractivity contribution is -0.136. The summed E-state index contributed by atoms with van der Waals surface area (Å²) in [7, 11) is 0. The minimum atomic E-state index is -4.09. The topological polar surface area (TPSA) is 40.7 Å². The minimum Gasteiger partial charge on any atom is -0.349 e. The van der Waals surface area contributed by atoms with Crippen LogP contribution >= 0.6 is 0 Å². The Morgan fingerprint density at radius 1 is 1.50 bits per heavy atom. The molecular weight excluding hydrogens is 219 g/mol. The molecular formula is C10H16F3N3. The Labute approximate surface area is 92.5 Å². The maximum atomic E-state index is 12.1. The fraction of sp³-hybridized carbons (Fsp3) is 0.700. The third-order valence-electron chi connectivity index (χ3n) is 2.26. The Hall–Kier alpha value is -1.04. The molecule has 1 aromatic heterocycles. The van der Waals surface area contributed by atoms with Crippen LogP contribution in [0, 0.1) is 0 Å². The summed E-state index contributed by atoms with van der Waals surface area (Å²) in [6, 6.07) is -0.183. The number of likely N-dealkylation sites (N-methyl/N-ethyl adjacent to an activating group) is 1. The number of halogens is 3. The zero-order chi connectivity index (χ0) is 12.0. The molecule has 16 heavy (non-hydrogen) atoms. The molecule has 0 aliphatic heterocycles. The molecule has 6 heteroatoms. The summed E-state index contributed by atoms with van der Waals surface area (Å²) < 4.78 is 36.3. The van der Waals surface area contributed by atoms with Crippen molar-refractivity contribution in [3.63, 3.8) is 0 Å². The fourth-order valence-electron chi connectivity index (χ4n) is 1.55. The van der Waals surface area contributed by atoms with Crippen LogP contribution in [0.4, 0.5) is 13.2 Å². The van der Waals surface area contributed by atoms with Crippen molar-refractivity contribution in [1.29, 1.82) is 0 Å². The molecule has 0 aliphatic rings. The average Bonchev–Trinajstić information content (AvgIpc) is 2.66. The summed E-state index contributed by atoms with van der Waals surface area (Å²) in [5.41, 5.74) is 0. The van der Waals surface area contributed by atoms with E-state index in [1.807, 2.05) is 6.92 Å². The van der Waals surface area contributed by atoms with E-state index in [4.69, 9.17) is 0 Å². The molecule has 0 spiro atoms. The van der Waals surface area contributed by atoms with Crippen molar-refractivity contribution in [2.45, 2.75) is 38.4 Å². The van der Waals surface area contributed by atoms with E-state index in [0.29, 0.717) is 18.8 Å². The molecule has 0 bridgehead atoms. The summed E-state index contributed by atoms with van der Waals surface area (Å²) in [5, 5.41) is 3.03. The predicted molar refractivity (Wildman–Crippen MR) is 55.0 cm³/mol. The van der Waals surface area contributed by atoms with Gasteiger partial charge in [-0.3, -0.25) is 0 Å². The smallest absolute Gasteiger partial charge is 0.349 e. The average molecular weight is 235 g/mol. The summed E-state index contributed by atoms with van der Waals surface area (Å²) in [6.07, 6.45) is -0.999. The third kappa shape index (κ3) is 5.16. The van der Waals surface area contributed by atoms with Crippen LogP contribution in [0.1, 0.15) is 25.6 Å². The van der Waals surface area contributed by atoms with Gasteiger partial charge in [0.05, 0.1) is 0 Å². The van der Waals surface area contributed by atoms with Crippen LogP contribution in [0.5, 0.6) is 0 Å². The molecule has 0 saturated carbocycles. The van der Waals surface area contributed by atoms with E-state index in [2.05, 4.69) is 15.3 Å². The summed E-state index contributed by atoms with van der Waals surface area (Å²) in [6.45, 7) is 2.53. The zero-order valence-electron chi connectivity index (χ0n) is 9.14. The number of rotatable bonds is 6. The van der Waals surface area contributed by atoms with E-state index >= 15 is 0 Å². The second kappa shape index (κ2) is 5.89. The molecule has 1 atom stereocenters. The molecule has 1 heterocycles. The van der Waals surface area contributed by atoms with Gasteiger partial charge in [-0.15, -0.1) is 0 Å². The lowest BCUT2D eigenvalue weighted by Gasteiger charge is -2.17. The largest absolute Gasteiger partial charge is 0.389 e. The van der Waals surface area contributed by atoms with E-state index in [9.17, 15) is 13.2 Å². The highest BCUT2D eigenvalue weighted by Crippen LogP contribution is 2.22. The normalized spacial score (nSPS) is 14.0. The lowest BCUT2D eigenvalue weighted by Crippen LogP contribution is -2.32. The molecule has 3 nitrogen and oxygen atoms in total. The van der Waals surface area contributed by atoms with Gasteiger partial charge in [-0.1, -0.05) is 6.92 Å². The molecule has 1 unspecified atom stereocenters. The first-order valence-corrected chi connectivity index (χ1v) is 5.29. The van der Waals surface area contributed by atoms with E-state index in [1.54, 1.807) is 12.4 Å². The van der Waals surface area contributed by atoms with E-state index in [-0.39, 0.29) is 12.5 Å². The van der Waals surface area contributed by atoms with Gasteiger partial charge in [0, 0.05) is 31.3 Å². The van der Waals surface area contributed by atoms with Crippen molar-refractivity contribution in [2.24, 2.45) is 0 Å². The summed E-state index contributed by atoms with van der Waals surface area (Å²) in [4.78, 5) is 6.90. The first-order chi connectivity index (χ1) is 7.51. The highest BCUT2D eigenvalue weighted by molar-refractivity contribution is 4.91. The second-order valence-corrected chi connectivity index (χ2v) is 3.65. The first-order valence-electron chi connectivity index (χ1n) is 5.29. The number of aromatic amines is 1. The molecule has 2 N–H and O–H groups in total. The van der Waals surface area contributed by atoms with Gasteiger partial charge in [0.15, 0.2) is 0 Å². The molecule has 0 saturated heterocycles. The quantitative estimate of drug-likeness (QED) is 0.794. The van der Waals surface area contributed by atoms with Gasteiger partial charge in [0.1, 0.15) is 5.82 Å². The summed E-state index contributed by atoms with van der Waals surface area (Å²) >= 11 is 0.